The molecule has 2 heterocycles. The summed E-state index contributed by atoms with van der Waals surface area (Å²) in [5.41, 5.74) is 3.13. The summed E-state index contributed by atoms with van der Waals surface area (Å²) < 4.78 is 53.0. The zero-order valence-electron chi connectivity index (χ0n) is 24.2. The number of halogens is 2. The van der Waals surface area contributed by atoms with Crippen LogP contribution in [0.4, 0.5) is 26.0 Å². The van der Waals surface area contributed by atoms with Gasteiger partial charge in [0.25, 0.3) is 0 Å². The Kier molecular flexibility index (Phi) is 9.01. The molecule has 2 aromatic carbocycles. The van der Waals surface area contributed by atoms with E-state index in [0.717, 1.165) is 55.2 Å². The van der Waals surface area contributed by atoms with Crippen LogP contribution in [0.3, 0.4) is 0 Å². The van der Waals surface area contributed by atoms with Crippen LogP contribution in [0.25, 0.3) is 0 Å². The molecule has 1 aliphatic rings. The van der Waals surface area contributed by atoms with E-state index < -0.39 is 21.8 Å². The van der Waals surface area contributed by atoms with Gasteiger partial charge in [0.05, 0.1) is 11.9 Å². The molecule has 1 unspecified atom stereocenters. The van der Waals surface area contributed by atoms with E-state index in [1.165, 1.54) is 24.3 Å². The second-order valence-corrected chi connectivity index (χ2v) is 13.4. The molecule has 0 aliphatic carbocycles. The smallest absolute Gasteiger partial charge is 0.229 e. The molecule has 3 aromatic rings. The largest absolute Gasteiger partial charge is 0.368 e. The zero-order chi connectivity index (χ0) is 29.9. The van der Waals surface area contributed by atoms with Crippen molar-refractivity contribution in [1.29, 1.82) is 0 Å². The Hall–Kier alpha value is -3.53. The van der Waals surface area contributed by atoms with Gasteiger partial charge in [0.2, 0.25) is 10.0 Å². The molecule has 7 nitrogen and oxygen atoms in total. The number of hydrogen-bond donors (Lipinski definition) is 1. The fourth-order valence-corrected chi connectivity index (χ4v) is 5.50. The summed E-state index contributed by atoms with van der Waals surface area (Å²) in [7, 11) is -3.62. The van der Waals surface area contributed by atoms with Crippen molar-refractivity contribution in [2.75, 3.05) is 47.0 Å². The molecular weight excluding hydrogens is 546 g/mol. The van der Waals surface area contributed by atoms with E-state index in [1.54, 1.807) is 25.1 Å². The van der Waals surface area contributed by atoms with Crippen molar-refractivity contribution < 1.29 is 22.0 Å². The number of benzene rings is 2. The van der Waals surface area contributed by atoms with Gasteiger partial charge < -0.3 is 9.80 Å². The van der Waals surface area contributed by atoms with E-state index in [9.17, 15) is 22.0 Å². The minimum atomic E-state index is -3.62. The van der Waals surface area contributed by atoms with Crippen LogP contribution in [0.1, 0.15) is 56.9 Å². The van der Waals surface area contributed by atoms with Crippen LogP contribution >= 0.6 is 0 Å². The number of Topliss-reactive ketones (excluding diaryl/α,β-unsaturated/α-hetero) is 1. The summed E-state index contributed by atoms with van der Waals surface area (Å²) in [6.45, 7) is 11.1. The number of piperazine rings is 1. The number of nitrogens with one attached hydrogen (secondary N) is 1. The number of aromatic nitrogens is 1. The molecule has 220 valence electrons. The molecule has 1 atom stereocenters. The maximum atomic E-state index is 14.5. The van der Waals surface area contributed by atoms with Gasteiger partial charge in [-0.2, -0.15) is 0 Å². The molecule has 0 amide bonds. The van der Waals surface area contributed by atoms with E-state index in [4.69, 9.17) is 4.98 Å². The zero-order valence-corrected chi connectivity index (χ0v) is 25.1. The number of pyridine rings is 1. The van der Waals surface area contributed by atoms with Gasteiger partial charge in [-0.3, -0.25) is 9.52 Å². The molecular formula is C31H38F2N4O3S. The number of hydrogen-bond acceptors (Lipinski definition) is 6. The first-order valence-corrected chi connectivity index (χ1v) is 15.7. The van der Waals surface area contributed by atoms with Gasteiger partial charge in [-0.25, -0.2) is 22.2 Å². The van der Waals surface area contributed by atoms with Crippen molar-refractivity contribution in [3.05, 3.63) is 83.1 Å². The molecule has 0 spiro atoms. The third-order valence-electron chi connectivity index (χ3n) is 7.41. The summed E-state index contributed by atoms with van der Waals surface area (Å²) in [5, 5.41) is 0. The van der Waals surface area contributed by atoms with Crippen LogP contribution in [-0.4, -0.2) is 51.6 Å². The minimum Gasteiger partial charge on any atom is -0.368 e. The first-order chi connectivity index (χ1) is 19.2. The highest BCUT2D eigenvalue weighted by Gasteiger charge is 2.25. The molecule has 4 rings (SSSR count). The number of carbonyl (C=O) groups excluding carboxylic acids is 1. The summed E-state index contributed by atoms with van der Waals surface area (Å²) in [6.07, 6.45) is 1.70. The summed E-state index contributed by atoms with van der Waals surface area (Å²) in [4.78, 5) is 22.7. The highest BCUT2D eigenvalue weighted by atomic mass is 32.2. The van der Waals surface area contributed by atoms with Gasteiger partial charge in [0, 0.05) is 55.3 Å². The van der Waals surface area contributed by atoms with Crippen molar-refractivity contribution in [3.63, 3.8) is 0 Å². The first-order valence-electron chi connectivity index (χ1n) is 13.8. The normalized spacial score (nSPS) is 15.1. The van der Waals surface area contributed by atoms with Crippen molar-refractivity contribution in [1.82, 2.24) is 4.98 Å². The van der Waals surface area contributed by atoms with Crippen molar-refractivity contribution in [3.8, 4) is 0 Å². The maximum absolute atomic E-state index is 14.5. The van der Waals surface area contributed by atoms with E-state index in [1.807, 2.05) is 6.07 Å². The highest BCUT2D eigenvalue weighted by molar-refractivity contribution is 7.92. The van der Waals surface area contributed by atoms with Crippen LogP contribution in [-0.2, 0) is 26.7 Å². The summed E-state index contributed by atoms with van der Waals surface area (Å²) >= 11 is 0. The van der Waals surface area contributed by atoms with Gasteiger partial charge in [-0.15, -0.1) is 0 Å². The number of carbonyl (C=O) groups is 1. The topological polar surface area (TPSA) is 82.6 Å². The minimum absolute atomic E-state index is 0.0415. The lowest BCUT2D eigenvalue weighted by molar-refractivity contribution is -0.120. The molecule has 41 heavy (non-hydrogen) atoms. The number of sulfonamides is 1. The number of aryl methyl sites for hydroxylation is 1. The lowest BCUT2D eigenvalue weighted by Gasteiger charge is -2.38. The molecule has 10 heteroatoms. The second kappa shape index (κ2) is 12.1. The molecule has 1 N–H and O–H groups in total. The van der Waals surface area contributed by atoms with Crippen LogP contribution in [0.2, 0.25) is 0 Å². The Labute approximate surface area is 241 Å². The summed E-state index contributed by atoms with van der Waals surface area (Å²) in [6, 6.07) is 14.7. The maximum Gasteiger partial charge on any atom is 0.229 e. The molecule has 0 radical (unpaired) electrons. The predicted octanol–water partition coefficient (Wildman–Crippen LogP) is 5.66. The fourth-order valence-electron chi connectivity index (χ4n) is 4.94. The van der Waals surface area contributed by atoms with Gasteiger partial charge in [-0.1, -0.05) is 39.8 Å². The fraction of sp³-hybridized carbons (Fsp3) is 0.419. The van der Waals surface area contributed by atoms with Gasteiger partial charge >= 0.3 is 0 Å². The first kappa shape index (κ1) is 30.4. The average Bonchev–Trinajstić information content (AvgIpc) is 2.91. The molecule has 1 saturated heterocycles. The third-order valence-corrected chi connectivity index (χ3v) is 8.00. The number of rotatable bonds is 9. The number of nitrogens with zero attached hydrogens (tertiary/aromatic N) is 3. The van der Waals surface area contributed by atoms with Crippen molar-refractivity contribution in [2.45, 2.75) is 51.9 Å². The van der Waals surface area contributed by atoms with Crippen LogP contribution in [0.5, 0.6) is 0 Å². The van der Waals surface area contributed by atoms with E-state index >= 15 is 0 Å². The summed E-state index contributed by atoms with van der Waals surface area (Å²) in [5.74, 6) is -0.702. The molecule has 1 aromatic heterocycles. The Balaban J connectivity index is 1.48. The van der Waals surface area contributed by atoms with Gasteiger partial charge in [0.15, 0.2) is 0 Å². The lowest BCUT2D eigenvalue weighted by atomic mass is 9.90. The molecule has 0 bridgehead atoms. The van der Waals surface area contributed by atoms with E-state index in [0.29, 0.717) is 12.0 Å². The third kappa shape index (κ3) is 7.81. The highest BCUT2D eigenvalue weighted by Crippen LogP contribution is 2.30. The van der Waals surface area contributed by atoms with E-state index in [2.05, 4.69) is 41.4 Å². The Bertz CT molecular complexity index is 1500. The quantitative estimate of drug-likeness (QED) is 0.350. The Morgan fingerprint density at radius 2 is 1.61 bits per heavy atom. The number of anilines is 3. The van der Waals surface area contributed by atoms with Gasteiger partial charge in [-0.05, 0) is 60.0 Å². The van der Waals surface area contributed by atoms with E-state index in [-0.39, 0.29) is 29.1 Å². The molecule has 1 fully saturated rings. The monoisotopic (exact) mass is 584 g/mol. The Morgan fingerprint density at radius 1 is 0.976 bits per heavy atom. The average molecular weight is 585 g/mol. The number of ketones is 1. The lowest BCUT2D eigenvalue weighted by Crippen LogP contribution is -2.47. The molecule has 0 saturated carbocycles. The molecule has 1 aliphatic heterocycles. The predicted molar refractivity (Wildman–Crippen MR) is 160 cm³/mol. The van der Waals surface area contributed by atoms with Crippen LogP contribution in [0.15, 0.2) is 54.6 Å². The second-order valence-electron chi connectivity index (χ2n) is 11.7. The van der Waals surface area contributed by atoms with Crippen LogP contribution in [0, 0.1) is 11.6 Å². The van der Waals surface area contributed by atoms with Crippen LogP contribution < -0.4 is 14.5 Å². The Morgan fingerprint density at radius 3 is 2.20 bits per heavy atom. The standard InChI is InChI=1S/C31H38F2N4O3S/c1-21(23-6-13-27(26(33)20-23)35-41(5,39)40)28(38)14-7-22-8-15-29(31(2,3)4)34-30(22)37-18-16-36(17-19-37)25-11-9-24(32)10-12-25/h6,8-13,15,20-21,35H,7,14,16-19H2,1-5H3. The van der Waals surface area contributed by atoms with Gasteiger partial charge in [0.1, 0.15) is 23.2 Å². The SMILES string of the molecule is CC(C(=O)CCc1ccc(C(C)(C)C)nc1N1CCN(c2ccc(F)cc2)CC1)c1ccc(NS(C)(=O)=O)c(F)c1. The van der Waals surface area contributed by atoms with Crippen molar-refractivity contribution in [2.24, 2.45) is 0 Å². The van der Waals surface area contributed by atoms with Crippen molar-refractivity contribution >= 4 is 33.0 Å².